The minimum atomic E-state index is 0.608. The highest BCUT2D eigenvalue weighted by Gasteiger charge is 2.19. The van der Waals surface area contributed by atoms with Gasteiger partial charge in [0.15, 0.2) is 11.7 Å². The number of hydrogen-bond donors (Lipinski definition) is 0. The van der Waals surface area contributed by atoms with E-state index in [1.54, 1.807) is 24.9 Å². The number of rotatable bonds is 1. The molecule has 4 aromatic heterocycles. The third-order valence-electron chi connectivity index (χ3n) is 2.88. The first kappa shape index (κ1) is 9.35. The van der Waals surface area contributed by atoms with Crippen LogP contribution in [0.5, 0.6) is 0 Å². The highest BCUT2D eigenvalue weighted by molar-refractivity contribution is 5.81. The Labute approximate surface area is 101 Å². The summed E-state index contributed by atoms with van der Waals surface area (Å²) in [6.45, 7) is 0. The monoisotopic (exact) mass is 238 g/mol. The molecule has 4 aromatic rings. The molecule has 18 heavy (non-hydrogen) atoms. The van der Waals surface area contributed by atoms with E-state index in [2.05, 4.69) is 9.97 Å². The molecule has 0 saturated heterocycles. The van der Waals surface area contributed by atoms with Gasteiger partial charge < -0.3 is 8.83 Å². The van der Waals surface area contributed by atoms with Gasteiger partial charge in [-0.1, -0.05) is 0 Å². The Morgan fingerprint density at radius 1 is 0.944 bits per heavy atom. The molecule has 0 spiro atoms. The summed E-state index contributed by atoms with van der Waals surface area (Å²) in [5, 5.41) is 0.936. The van der Waals surface area contributed by atoms with Gasteiger partial charge in [-0.2, -0.15) is 0 Å². The first-order valence-corrected chi connectivity index (χ1v) is 5.50. The fraction of sp³-hybridized carbons (Fsp3) is 0. The van der Waals surface area contributed by atoms with E-state index in [0.717, 1.165) is 16.6 Å². The number of hydrogen-bond acceptors (Lipinski definition) is 4. The maximum atomic E-state index is 5.48. The quantitative estimate of drug-likeness (QED) is 0.477. The van der Waals surface area contributed by atoms with Crippen LogP contribution in [0.15, 0.2) is 58.2 Å². The van der Waals surface area contributed by atoms with Crippen molar-refractivity contribution in [1.29, 1.82) is 0 Å². The number of fused-ring (bicyclic) bond motifs is 2. The summed E-state index contributed by atoms with van der Waals surface area (Å²) in [6, 6.07) is 5.64. The van der Waals surface area contributed by atoms with E-state index in [1.807, 2.05) is 29.0 Å². The summed E-state index contributed by atoms with van der Waals surface area (Å²) in [6.07, 6.45) is 8.56. The Hall–Kier alpha value is -2.69. The third-order valence-corrected chi connectivity index (χ3v) is 2.88. The molecule has 0 atom stereocenters. The average Bonchev–Trinajstić information content (AvgIpc) is 3.06. The van der Waals surface area contributed by atoms with Crippen molar-refractivity contribution in [3.8, 4) is 5.69 Å². The van der Waals surface area contributed by atoms with Crippen LogP contribution in [0.2, 0.25) is 0 Å². The lowest BCUT2D eigenvalue weighted by atomic mass is 10.3. The van der Waals surface area contributed by atoms with Gasteiger partial charge in [0.2, 0.25) is 11.4 Å². The van der Waals surface area contributed by atoms with Gasteiger partial charge in [-0.25, -0.2) is 9.97 Å². The van der Waals surface area contributed by atoms with E-state index in [4.69, 9.17) is 8.83 Å². The SMILES string of the molecule is c1c[n+](-c2ccnc3occc23)c2occc2n1. The highest BCUT2D eigenvalue weighted by Crippen LogP contribution is 2.19. The summed E-state index contributed by atoms with van der Waals surface area (Å²) in [5.41, 5.74) is 3.07. The minimum absolute atomic E-state index is 0.608. The summed E-state index contributed by atoms with van der Waals surface area (Å²) >= 11 is 0. The lowest BCUT2D eigenvalue weighted by Gasteiger charge is -1.96. The van der Waals surface area contributed by atoms with Crippen LogP contribution in [0.25, 0.3) is 28.0 Å². The Kier molecular flexibility index (Phi) is 1.77. The zero-order valence-electron chi connectivity index (χ0n) is 9.28. The molecule has 0 amide bonds. The normalized spacial score (nSPS) is 11.3. The topological polar surface area (TPSA) is 55.9 Å². The lowest BCUT2D eigenvalue weighted by Crippen LogP contribution is -2.31. The van der Waals surface area contributed by atoms with Crippen LogP contribution in [-0.2, 0) is 0 Å². The van der Waals surface area contributed by atoms with Crippen LogP contribution < -0.4 is 4.57 Å². The molecule has 0 aromatic carbocycles. The summed E-state index contributed by atoms with van der Waals surface area (Å²) in [7, 11) is 0. The molecular weight excluding hydrogens is 230 g/mol. The molecule has 0 aliphatic rings. The second-order valence-electron chi connectivity index (χ2n) is 3.88. The molecule has 0 unspecified atom stereocenters. The Balaban J connectivity index is 2.13. The van der Waals surface area contributed by atoms with Crippen LogP contribution in [0.4, 0.5) is 0 Å². The smallest absolute Gasteiger partial charge is 0.405 e. The van der Waals surface area contributed by atoms with Gasteiger partial charge in [0.25, 0.3) is 0 Å². The van der Waals surface area contributed by atoms with Gasteiger partial charge in [-0.05, 0) is 6.07 Å². The van der Waals surface area contributed by atoms with Crippen molar-refractivity contribution in [2.24, 2.45) is 0 Å². The van der Waals surface area contributed by atoms with E-state index in [1.165, 1.54) is 0 Å². The number of aromatic nitrogens is 3. The fourth-order valence-corrected chi connectivity index (χ4v) is 2.08. The van der Waals surface area contributed by atoms with E-state index >= 15 is 0 Å². The molecule has 0 aliphatic heterocycles. The predicted octanol–water partition coefficient (Wildman–Crippen LogP) is 2.25. The number of pyridine rings is 1. The van der Waals surface area contributed by atoms with Crippen LogP contribution in [0.3, 0.4) is 0 Å². The molecule has 4 rings (SSSR count). The molecule has 0 N–H and O–H groups in total. The largest absolute Gasteiger partial charge is 0.446 e. The standard InChI is InChI=1S/C13H8N3O2/c1-4-15-12-9(2-7-17-12)11(1)16-6-5-14-10-3-8-18-13(10)16/h1-8H/q+1. The van der Waals surface area contributed by atoms with Crippen molar-refractivity contribution in [2.75, 3.05) is 0 Å². The van der Waals surface area contributed by atoms with Crippen molar-refractivity contribution < 1.29 is 13.4 Å². The Bertz CT molecular complexity index is 775. The maximum absolute atomic E-state index is 5.48. The predicted molar refractivity (Wildman–Crippen MR) is 63.1 cm³/mol. The van der Waals surface area contributed by atoms with Crippen molar-refractivity contribution in [2.45, 2.75) is 0 Å². The van der Waals surface area contributed by atoms with Gasteiger partial charge in [-0.15, -0.1) is 4.57 Å². The molecule has 5 nitrogen and oxygen atoms in total. The maximum Gasteiger partial charge on any atom is 0.405 e. The van der Waals surface area contributed by atoms with Gasteiger partial charge in [0.1, 0.15) is 11.6 Å². The molecule has 0 aliphatic carbocycles. The molecule has 0 fully saturated rings. The minimum Gasteiger partial charge on any atom is -0.446 e. The number of furan rings is 2. The van der Waals surface area contributed by atoms with Gasteiger partial charge in [-0.3, -0.25) is 0 Å². The van der Waals surface area contributed by atoms with Crippen LogP contribution in [0, 0.1) is 0 Å². The molecule has 0 bridgehead atoms. The fourth-order valence-electron chi connectivity index (χ4n) is 2.08. The van der Waals surface area contributed by atoms with Crippen molar-refractivity contribution in [3.05, 3.63) is 49.3 Å². The van der Waals surface area contributed by atoms with E-state index in [0.29, 0.717) is 11.4 Å². The van der Waals surface area contributed by atoms with Crippen molar-refractivity contribution >= 4 is 22.3 Å². The zero-order valence-corrected chi connectivity index (χ0v) is 9.28. The molecule has 4 heterocycles. The molecule has 0 radical (unpaired) electrons. The van der Waals surface area contributed by atoms with Crippen molar-refractivity contribution in [1.82, 2.24) is 9.97 Å². The zero-order chi connectivity index (χ0) is 11.9. The average molecular weight is 238 g/mol. The number of nitrogens with zero attached hydrogens (tertiary/aromatic N) is 3. The first-order valence-electron chi connectivity index (χ1n) is 5.50. The Morgan fingerprint density at radius 2 is 1.89 bits per heavy atom. The highest BCUT2D eigenvalue weighted by atomic mass is 16.3. The molecule has 86 valence electrons. The van der Waals surface area contributed by atoms with Gasteiger partial charge in [0, 0.05) is 18.3 Å². The summed E-state index contributed by atoms with van der Waals surface area (Å²) < 4.78 is 12.7. The second-order valence-corrected chi connectivity index (χ2v) is 3.88. The molecule has 0 saturated carbocycles. The molecule has 5 heteroatoms. The third kappa shape index (κ3) is 1.18. The van der Waals surface area contributed by atoms with E-state index in [9.17, 15) is 0 Å². The second kappa shape index (κ2) is 3.40. The molecular formula is C13H8N3O2+. The van der Waals surface area contributed by atoms with Crippen LogP contribution in [-0.4, -0.2) is 9.97 Å². The van der Waals surface area contributed by atoms with Gasteiger partial charge >= 0.3 is 5.71 Å². The van der Waals surface area contributed by atoms with Gasteiger partial charge in [0.05, 0.1) is 12.5 Å². The summed E-state index contributed by atoms with van der Waals surface area (Å²) in [4.78, 5) is 8.41. The van der Waals surface area contributed by atoms with E-state index in [-0.39, 0.29) is 0 Å². The summed E-state index contributed by atoms with van der Waals surface area (Å²) in [5.74, 6) is 0. The lowest BCUT2D eigenvalue weighted by molar-refractivity contribution is -0.573. The van der Waals surface area contributed by atoms with Crippen LogP contribution in [0.1, 0.15) is 0 Å². The van der Waals surface area contributed by atoms with Crippen molar-refractivity contribution in [3.63, 3.8) is 0 Å². The van der Waals surface area contributed by atoms with E-state index < -0.39 is 0 Å². The first-order chi connectivity index (χ1) is 8.93. The van der Waals surface area contributed by atoms with Crippen LogP contribution >= 0.6 is 0 Å². The Morgan fingerprint density at radius 3 is 2.89 bits per heavy atom.